The van der Waals surface area contributed by atoms with Gasteiger partial charge in [0.05, 0.1) is 0 Å². The van der Waals surface area contributed by atoms with Gasteiger partial charge in [-0.15, -0.1) is 0 Å². The molecule has 73 valence electrons. The molecule has 0 saturated heterocycles. The molecule has 0 aromatic carbocycles. The standard InChI is InChI=1S/4ClH.Cu.2H3N.2H2O/h4*1H;;2*1H3;2*1H2/q;;;;+2;;;;/p-4. The van der Waals surface area contributed by atoms with E-state index in [0.29, 0.717) is 0 Å². The summed E-state index contributed by atoms with van der Waals surface area (Å²) >= 11 is 0. The minimum absolute atomic E-state index is 0. The molecule has 10 N–H and O–H groups in total. The molecule has 0 radical (unpaired) electrons. The average Bonchev–Trinajstić information content (AvgIpc) is 0.722. The van der Waals surface area contributed by atoms with Gasteiger partial charge in [0, 0.05) is 0 Å². The molecule has 0 aliphatic carbocycles. The summed E-state index contributed by atoms with van der Waals surface area (Å²) < 4.78 is 0. The Morgan fingerprint density at radius 2 is 0.667 bits per heavy atom. The van der Waals surface area contributed by atoms with Crippen LogP contribution in [0.3, 0.4) is 0 Å². The number of hydrogen-bond donors (Lipinski definition) is 2. The molecule has 0 rings (SSSR count). The Balaban J connectivity index is -0.0000000133. The number of hydrogen-bond acceptors (Lipinski definition) is 2. The summed E-state index contributed by atoms with van der Waals surface area (Å²) in [6, 6.07) is 0. The quantitative estimate of drug-likeness (QED) is 0.647. The van der Waals surface area contributed by atoms with E-state index >= 15 is 0 Å². The van der Waals surface area contributed by atoms with Gasteiger partial charge in [0.1, 0.15) is 0 Å². The van der Waals surface area contributed by atoms with E-state index in [0.717, 1.165) is 0 Å². The van der Waals surface area contributed by atoms with Crippen LogP contribution in [0.2, 0.25) is 0 Å². The molecule has 0 aliphatic heterocycles. The Kier molecular flexibility index (Phi) is 42.5. The summed E-state index contributed by atoms with van der Waals surface area (Å²) in [7, 11) is 17.4. The van der Waals surface area contributed by atoms with Gasteiger partial charge in [-0.3, -0.25) is 0 Å². The maximum absolute atomic E-state index is 4.90. The van der Waals surface area contributed by atoms with Crippen molar-refractivity contribution in [2.75, 3.05) is 0 Å². The van der Waals surface area contributed by atoms with Crippen LogP contribution in [0.5, 0.6) is 0 Å². The SMILES string of the molecule is N.N.O.O.[Cl][Cu-2]([Cl])([Cl])[Cl]. The Bertz CT molecular complexity index is 32.0. The van der Waals surface area contributed by atoms with Crippen LogP contribution in [0.4, 0.5) is 0 Å². The summed E-state index contributed by atoms with van der Waals surface area (Å²) in [5.41, 5.74) is 0. The second kappa shape index (κ2) is 12.2. The molecule has 0 heterocycles. The Morgan fingerprint density at radius 3 is 0.667 bits per heavy atom. The van der Waals surface area contributed by atoms with E-state index in [2.05, 4.69) is 0 Å². The molecule has 0 aromatic rings. The van der Waals surface area contributed by atoms with Crippen molar-refractivity contribution in [1.29, 1.82) is 0 Å². The molecule has 0 amide bonds. The first kappa shape index (κ1) is 31.3. The molecule has 9 heteroatoms. The van der Waals surface area contributed by atoms with Crippen LogP contribution in [-0.2, 0) is 9.20 Å². The number of halogens is 4. The van der Waals surface area contributed by atoms with Gasteiger partial charge in [-0.2, -0.15) is 0 Å². The third-order valence-electron chi connectivity index (χ3n) is 0. The summed E-state index contributed by atoms with van der Waals surface area (Å²) in [6.45, 7) is 0. The molecule has 0 bridgehead atoms. The summed E-state index contributed by atoms with van der Waals surface area (Å²) in [5, 5.41) is 0. The molecular weight excluding hydrogens is 265 g/mol. The minimum atomic E-state index is -2.24. The average molecular weight is 275 g/mol. The third-order valence-corrected chi connectivity index (χ3v) is 0. The monoisotopic (exact) mass is 273 g/mol. The number of rotatable bonds is 0. The fourth-order valence-electron chi connectivity index (χ4n) is 0. The van der Waals surface area contributed by atoms with Gasteiger partial charge in [-0.25, -0.2) is 0 Å². The normalized spacial score (nSPS) is 8.44. The molecule has 9 heavy (non-hydrogen) atoms. The van der Waals surface area contributed by atoms with Crippen LogP contribution < -0.4 is 12.3 Å². The predicted octanol–water partition coefficient (Wildman–Crippen LogP) is 1.43. The third kappa shape index (κ3) is 233. The van der Waals surface area contributed by atoms with Crippen LogP contribution in [0.15, 0.2) is 0 Å². The summed E-state index contributed by atoms with van der Waals surface area (Å²) in [5.74, 6) is 0. The van der Waals surface area contributed by atoms with Crippen molar-refractivity contribution in [3.8, 4) is 0 Å². The second-order valence-electron chi connectivity index (χ2n) is 0.258. The van der Waals surface area contributed by atoms with E-state index in [9.17, 15) is 0 Å². The van der Waals surface area contributed by atoms with E-state index in [-0.39, 0.29) is 23.3 Å². The fraction of sp³-hybridized carbons (Fsp3) is 0. The maximum atomic E-state index is 4.90. The van der Waals surface area contributed by atoms with Crippen molar-refractivity contribution in [1.82, 2.24) is 12.3 Å². The molecule has 0 atom stereocenters. The molecule has 0 aromatic heterocycles. The zero-order valence-corrected chi connectivity index (χ0v) is 8.19. The van der Waals surface area contributed by atoms with Crippen LogP contribution >= 0.6 is 40.4 Å². The van der Waals surface area contributed by atoms with Crippen molar-refractivity contribution in [2.24, 2.45) is 0 Å². The molecule has 0 fully saturated rings. The molecular formula is H10Cl4CuN2O2-2. The first-order chi connectivity index (χ1) is 2.00. The molecule has 0 saturated carbocycles. The van der Waals surface area contributed by atoms with Gasteiger partial charge in [0.2, 0.25) is 0 Å². The predicted molar refractivity (Wildman–Crippen MR) is 40.7 cm³/mol. The Morgan fingerprint density at radius 1 is 0.667 bits per heavy atom. The van der Waals surface area contributed by atoms with Gasteiger partial charge in [0.25, 0.3) is 0 Å². The van der Waals surface area contributed by atoms with E-state index in [4.69, 9.17) is 40.4 Å². The first-order valence-corrected chi connectivity index (χ1v) is 5.64. The zero-order chi connectivity index (χ0) is 4.50. The second-order valence-corrected chi connectivity index (χ2v) is 9.59. The van der Waals surface area contributed by atoms with Gasteiger partial charge < -0.3 is 23.3 Å². The van der Waals surface area contributed by atoms with Crippen molar-refractivity contribution in [3.05, 3.63) is 0 Å². The van der Waals surface area contributed by atoms with Crippen LogP contribution in [-0.4, -0.2) is 11.0 Å². The van der Waals surface area contributed by atoms with Crippen molar-refractivity contribution < 1.29 is 20.2 Å². The van der Waals surface area contributed by atoms with Crippen LogP contribution in [0, 0.1) is 0 Å². The van der Waals surface area contributed by atoms with Crippen molar-refractivity contribution in [2.45, 2.75) is 0 Å². The topological polar surface area (TPSA) is 133 Å². The summed E-state index contributed by atoms with van der Waals surface area (Å²) in [4.78, 5) is 0. The van der Waals surface area contributed by atoms with E-state index in [1.807, 2.05) is 0 Å². The first-order valence-electron chi connectivity index (χ1n) is 0.456. The van der Waals surface area contributed by atoms with Gasteiger partial charge >= 0.3 is 49.6 Å². The molecule has 0 unspecified atom stereocenters. The van der Waals surface area contributed by atoms with Gasteiger partial charge in [-0.05, 0) is 0 Å². The van der Waals surface area contributed by atoms with E-state index < -0.39 is 9.20 Å². The van der Waals surface area contributed by atoms with Gasteiger partial charge in [0.15, 0.2) is 0 Å². The Labute approximate surface area is 72.7 Å². The Hall–Kier alpha value is 1.52. The molecule has 4 nitrogen and oxygen atoms in total. The molecule has 0 spiro atoms. The molecule has 0 aliphatic rings. The van der Waals surface area contributed by atoms with Crippen molar-refractivity contribution in [3.63, 3.8) is 0 Å². The van der Waals surface area contributed by atoms with Crippen molar-refractivity contribution >= 4 is 40.4 Å². The van der Waals surface area contributed by atoms with E-state index in [1.54, 1.807) is 0 Å². The summed E-state index contributed by atoms with van der Waals surface area (Å²) in [6.07, 6.45) is 0. The zero-order valence-electron chi connectivity index (χ0n) is 4.23. The van der Waals surface area contributed by atoms with Gasteiger partial charge in [-0.1, -0.05) is 0 Å². The fourth-order valence-corrected chi connectivity index (χ4v) is 0. The van der Waals surface area contributed by atoms with E-state index in [1.165, 1.54) is 0 Å². The van der Waals surface area contributed by atoms with Crippen LogP contribution in [0.1, 0.15) is 0 Å². The van der Waals surface area contributed by atoms with Crippen LogP contribution in [0.25, 0.3) is 0 Å².